The van der Waals surface area contributed by atoms with Gasteiger partial charge < -0.3 is 4.74 Å². The zero-order valence-corrected chi connectivity index (χ0v) is 20.2. The molecular weight excluding hydrogens is 572 g/mol. The van der Waals surface area contributed by atoms with Crippen molar-refractivity contribution in [2.45, 2.75) is 6.92 Å². The number of hydrogen-bond acceptors (Lipinski definition) is 7. The van der Waals surface area contributed by atoms with Crippen LogP contribution in [0.1, 0.15) is 6.92 Å². The quantitative estimate of drug-likeness (QED) is 0.190. The van der Waals surface area contributed by atoms with Gasteiger partial charge in [-0.3, -0.25) is 20.2 Å². The molecule has 2 aromatic heterocycles. The summed E-state index contributed by atoms with van der Waals surface area (Å²) in [4.78, 5) is 28.6. The monoisotopic (exact) mass is 582 g/mol. The second-order valence-electron chi connectivity index (χ2n) is 6.15. The Morgan fingerprint density at radius 2 is 1.41 bits per heavy atom. The summed E-state index contributed by atoms with van der Waals surface area (Å²) in [6.45, 7) is 2.15. The molecule has 0 aliphatic carbocycles. The molecule has 0 saturated carbocycles. The van der Waals surface area contributed by atoms with E-state index in [9.17, 15) is 20.2 Å². The Morgan fingerprint density at radius 1 is 0.906 bits per heavy atom. The first-order chi connectivity index (χ1) is 15.3. The molecule has 0 fully saturated rings. The number of pyridine rings is 2. The van der Waals surface area contributed by atoms with Crippen LogP contribution in [0, 0.1) is 20.2 Å². The molecular formula is C20H13Br2ClN4O5. The number of benzene rings is 2. The predicted octanol–water partition coefficient (Wildman–Crippen LogP) is 6.86. The minimum Gasteiger partial charge on any atom is -0.487 e. The van der Waals surface area contributed by atoms with Crippen LogP contribution in [-0.2, 0) is 0 Å². The highest BCUT2D eigenvalue weighted by Crippen LogP contribution is 2.36. The first-order valence-corrected chi connectivity index (χ1v) is 10.9. The van der Waals surface area contributed by atoms with E-state index >= 15 is 0 Å². The van der Waals surface area contributed by atoms with Gasteiger partial charge in [-0.15, -0.1) is 0 Å². The van der Waals surface area contributed by atoms with Crippen molar-refractivity contribution in [2.24, 2.45) is 0 Å². The van der Waals surface area contributed by atoms with Gasteiger partial charge in [0.15, 0.2) is 0 Å². The van der Waals surface area contributed by atoms with Crippen molar-refractivity contribution >= 4 is 76.6 Å². The van der Waals surface area contributed by atoms with Crippen LogP contribution in [0.3, 0.4) is 0 Å². The second kappa shape index (κ2) is 10.2. The van der Waals surface area contributed by atoms with Crippen LogP contribution in [0.4, 0.5) is 11.4 Å². The minimum absolute atomic E-state index is 0.113. The maximum absolute atomic E-state index is 10.9. The summed E-state index contributed by atoms with van der Waals surface area (Å²) in [5, 5.41) is 22.8. The standard InChI is InChI=1S/C11H9BrN2O3.C9H4BrClN2O2/c1-2-17-11-7-4-3-5-8(12)10(7)13-6-9(11)14(15)16;10-6-3-1-2-5-8(11)7(13(14)15)4-12-9(5)6/h3-6H,2H2,1H3;1-4H. The molecule has 164 valence electrons. The van der Waals surface area contributed by atoms with E-state index < -0.39 is 9.85 Å². The fraction of sp³-hybridized carbons (Fsp3) is 0.100. The molecule has 0 N–H and O–H groups in total. The Bertz CT molecular complexity index is 1350. The van der Waals surface area contributed by atoms with Crippen LogP contribution in [0.15, 0.2) is 57.7 Å². The highest BCUT2D eigenvalue weighted by atomic mass is 79.9. The summed E-state index contributed by atoms with van der Waals surface area (Å²) < 4.78 is 6.91. The van der Waals surface area contributed by atoms with Crippen molar-refractivity contribution in [1.82, 2.24) is 9.97 Å². The number of para-hydroxylation sites is 2. The van der Waals surface area contributed by atoms with Gasteiger partial charge in [0.1, 0.15) is 17.4 Å². The van der Waals surface area contributed by atoms with Gasteiger partial charge >= 0.3 is 11.4 Å². The van der Waals surface area contributed by atoms with Crippen LogP contribution >= 0.6 is 43.5 Å². The molecule has 4 aromatic rings. The number of halogens is 3. The van der Waals surface area contributed by atoms with E-state index in [4.69, 9.17) is 16.3 Å². The number of hydrogen-bond donors (Lipinski definition) is 0. The van der Waals surface area contributed by atoms with Crippen molar-refractivity contribution in [3.63, 3.8) is 0 Å². The van der Waals surface area contributed by atoms with Gasteiger partial charge in [0.2, 0.25) is 5.75 Å². The Balaban J connectivity index is 0.000000182. The summed E-state index contributed by atoms with van der Waals surface area (Å²) in [6, 6.07) is 10.6. The van der Waals surface area contributed by atoms with Gasteiger partial charge in [-0.25, -0.2) is 9.97 Å². The second-order valence-corrected chi connectivity index (χ2v) is 8.24. The number of ether oxygens (including phenoxy) is 1. The first kappa shape index (κ1) is 23.8. The molecule has 0 aliphatic rings. The summed E-state index contributed by atoms with van der Waals surface area (Å²) in [5.74, 6) is 0.267. The molecule has 0 atom stereocenters. The summed E-state index contributed by atoms with van der Waals surface area (Å²) in [6.07, 6.45) is 2.38. The Hall–Kier alpha value is -2.89. The molecule has 0 amide bonds. The third kappa shape index (κ3) is 4.79. The average Bonchev–Trinajstić information content (AvgIpc) is 2.75. The Labute approximate surface area is 202 Å². The fourth-order valence-corrected chi connectivity index (χ4v) is 4.06. The van der Waals surface area contributed by atoms with E-state index in [1.807, 2.05) is 6.07 Å². The van der Waals surface area contributed by atoms with Crippen LogP contribution in [-0.4, -0.2) is 26.4 Å². The molecule has 0 spiro atoms. The van der Waals surface area contributed by atoms with Crippen LogP contribution in [0.25, 0.3) is 21.8 Å². The zero-order valence-electron chi connectivity index (χ0n) is 16.3. The van der Waals surface area contributed by atoms with Gasteiger partial charge in [-0.2, -0.15) is 0 Å². The van der Waals surface area contributed by atoms with Gasteiger partial charge in [0.25, 0.3) is 0 Å². The summed E-state index contributed by atoms with van der Waals surface area (Å²) in [7, 11) is 0. The highest BCUT2D eigenvalue weighted by Gasteiger charge is 2.20. The third-order valence-electron chi connectivity index (χ3n) is 4.23. The van der Waals surface area contributed by atoms with E-state index in [0.29, 0.717) is 28.4 Å². The smallest absolute Gasteiger partial charge is 0.329 e. The molecule has 2 heterocycles. The van der Waals surface area contributed by atoms with Crippen LogP contribution < -0.4 is 4.74 Å². The number of rotatable bonds is 4. The molecule has 0 unspecified atom stereocenters. The lowest BCUT2D eigenvalue weighted by atomic mass is 10.2. The lowest BCUT2D eigenvalue weighted by molar-refractivity contribution is -0.386. The van der Waals surface area contributed by atoms with Gasteiger partial charge in [-0.1, -0.05) is 29.8 Å². The van der Waals surface area contributed by atoms with Crippen molar-refractivity contribution in [1.29, 1.82) is 0 Å². The number of fused-ring (bicyclic) bond motifs is 2. The number of nitro groups is 2. The lowest BCUT2D eigenvalue weighted by Crippen LogP contribution is -1.99. The van der Waals surface area contributed by atoms with E-state index in [1.165, 1.54) is 6.20 Å². The highest BCUT2D eigenvalue weighted by molar-refractivity contribution is 9.11. The molecule has 0 bridgehead atoms. The van der Waals surface area contributed by atoms with Crippen molar-refractivity contribution in [2.75, 3.05) is 6.61 Å². The lowest BCUT2D eigenvalue weighted by Gasteiger charge is -2.08. The molecule has 0 aliphatic heterocycles. The molecule has 32 heavy (non-hydrogen) atoms. The molecule has 0 saturated heterocycles. The Morgan fingerprint density at radius 3 is 1.94 bits per heavy atom. The molecule has 12 heteroatoms. The van der Waals surface area contributed by atoms with Crippen molar-refractivity contribution in [3.8, 4) is 5.75 Å². The molecule has 9 nitrogen and oxygen atoms in total. The van der Waals surface area contributed by atoms with Crippen molar-refractivity contribution < 1.29 is 14.6 Å². The largest absolute Gasteiger partial charge is 0.487 e. The third-order valence-corrected chi connectivity index (χ3v) is 5.90. The van der Waals surface area contributed by atoms with Gasteiger partial charge in [-0.05, 0) is 57.0 Å². The SMILES string of the molecule is CCOc1c([N+](=O)[O-])cnc2c(Br)cccc12.O=[N+]([O-])c1cnc2c(Br)cccc2c1Cl. The maximum Gasteiger partial charge on any atom is 0.329 e. The zero-order chi connectivity index (χ0) is 23.4. The minimum atomic E-state index is -0.546. The molecule has 4 rings (SSSR count). The number of aromatic nitrogens is 2. The fourth-order valence-electron chi connectivity index (χ4n) is 2.85. The molecule has 0 radical (unpaired) electrons. The topological polar surface area (TPSA) is 121 Å². The van der Waals surface area contributed by atoms with E-state index in [2.05, 4.69) is 41.8 Å². The van der Waals surface area contributed by atoms with Crippen LogP contribution in [0.2, 0.25) is 5.02 Å². The van der Waals surface area contributed by atoms with Crippen molar-refractivity contribution in [3.05, 3.63) is 83.0 Å². The van der Waals surface area contributed by atoms with E-state index in [0.717, 1.165) is 15.1 Å². The summed E-state index contributed by atoms with van der Waals surface area (Å²) >= 11 is 12.6. The maximum atomic E-state index is 10.9. The normalized spacial score (nSPS) is 10.5. The average molecular weight is 585 g/mol. The Kier molecular flexibility index (Phi) is 7.54. The predicted molar refractivity (Wildman–Crippen MR) is 128 cm³/mol. The summed E-state index contributed by atoms with van der Waals surface area (Å²) in [5.41, 5.74) is 0.981. The van der Waals surface area contributed by atoms with E-state index in [1.54, 1.807) is 37.3 Å². The van der Waals surface area contributed by atoms with Crippen LogP contribution in [0.5, 0.6) is 5.75 Å². The number of nitrogens with zero attached hydrogens (tertiary/aromatic N) is 4. The van der Waals surface area contributed by atoms with Gasteiger partial charge in [0.05, 0.1) is 32.9 Å². The molecule has 2 aromatic carbocycles. The van der Waals surface area contributed by atoms with Gasteiger partial charge in [0, 0.05) is 14.3 Å². The van der Waals surface area contributed by atoms with E-state index in [-0.39, 0.29) is 22.1 Å². The first-order valence-electron chi connectivity index (χ1n) is 8.97.